The highest BCUT2D eigenvalue weighted by Gasteiger charge is 2.13. The number of hydrogen-bond acceptors (Lipinski definition) is 6. The predicted octanol–water partition coefficient (Wildman–Crippen LogP) is 5.32. The highest BCUT2D eigenvalue weighted by molar-refractivity contribution is 9.11. The standard InChI is InChI=1S/C25H23Br2N3O5/c1-15-4-7-19(8-5-15)29-23(31)14-35-24-17(10-18(26)12-20(24)27)13-28-30-25(32)16-6-9-21(33-2)22(11-16)34-3/h4-13H,14H2,1-3H3,(H,29,31)(H,30,32)/b28-13+. The van der Waals surface area contributed by atoms with Gasteiger partial charge in [0.2, 0.25) is 0 Å². The number of ether oxygens (including phenoxy) is 3. The lowest BCUT2D eigenvalue weighted by Crippen LogP contribution is -2.21. The molecule has 0 unspecified atom stereocenters. The molecule has 3 aromatic carbocycles. The lowest BCUT2D eigenvalue weighted by atomic mass is 10.2. The van der Waals surface area contributed by atoms with E-state index in [1.54, 1.807) is 30.3 Å². The van der Waals surface area contributed by atoms with Crippen LogP contribution in [-0.4, -0.2) is 38.9 Å². The quantitative estimate of drug-likeness (QED) is 0.254. The molecule has 0 aliphatic rings. The molecule has 0 heterocycles. The second-order valence-electron chi connectivity index (χ2n) is 7.28. The van der Waals surface area contributed by atoms with Crippen LogP contribution in [0.5, 0.6) is 17.2 Å². The minimum absolute atomic E-state index is 0.215. The van der Waals surface area contributed by atoms with E-state index in [9.17, 15) is 9.59 Å². The van der Waals surface area contributed by atoms with E-state index in [2.05, 4.69) is 47.7 Å². The van der Waals surface area contributed by atoms with E-state index >= 15 is 0 Å². The molecule has 10 heteroatoms. The summed E-state index contributed by atoms with van der Waals surface area (Å²) in [6.07, 6.45) is 1.43. The van der Waals surface area contributed by atoms with Gasteiger partial charge in [-0.25, -0.2) is 5.43 Å². The highest BCUT2D eigenvalue weighted by Crippen LogP contribution is 2.32. The fraction of sp³-hybridized carbons (Fsp3) is 0.160. The van der Waals surface area contributed by atoms with Crippen LogP contribution >= 0.6 is 31.9 Å². The molecule has 0 aliphatic carbocycles. The summed E-state index contributed by atoms with van der Waals surface area (Å²) >= 11 is 6.87. The van der Waals surface area contributed by atoms with E-state index in [-0.39, 0.29) is 12.5 Å². The Kier molecular flexibility index (Phi) is 9.27. The summed E-state index contributed by atoms with van der Waals surface area (Å²) in [5, 5.41) is 6.83. The number of nitrogens with one attached hydrogen (secondary N) is 2. The van der Waals surface area contributed by atoms with E-state index < -0.39 is 5.91 Å². The van der Waals surface area contributed by atoms with E-state index in [1.165, 1.54) is 20.4 Å². The van der Waals surface area contributed by atoms with Crippen LogP contribution in [0.25, 0.3) is 0 Å². The van der Waals surface area contributed by atoms with Crippen molar-refractivity contribution in [2.24, 2.45) is 5.10 Å². The molecule has 0 saturated heterocycles. The Morgan fingerprint density at radius 1 is 0.971 bits per heavy atom. The number of carbonyl (C=O) groups excluding carboxylic acids is 2. The van der Waals surface area contributed by atoms with Crippen LogP contribution in [0.4, 0.5) is 5.69 Å². The van der Waals surface area contributed by atoms with Crippen molar-refractivity contribution < 1.29 is 23.8 Å². The highest BCUT2D eigenvalue weighted by atomic mass is 79.9. The van der Waals surface area contributed by atoms with Gasteiger partial charge in [0.25, 0.3) is 11.8 Å². The molecule has 0 bridgehead atoms. The second-order valence-corrected chi connectivity index (χ2v) is 9.05. The number of benzene rings is 3. The first-order valence-corrected chi connectivity index (χ1v) is 11.9. The first-order valence-electron chi connectivity index (χ1n) is 10.3. The summed E-state index contributed by atoms with van der Waals surface area (Å²) in [4.78, 5) is 24.9. The number of amides is 2. The molecular formula is C25H23Br2N3O5. The zero-order valence-electron chi connectivity index (χ0n) is 19.2. The Morgan fingerprint density at radius 3 is 2.37 bits per heavy atom. The molecule has 182 valence electrons. The minimum Gasteiger partial charge on any atom is -0.493 e. The number of rotatable bonds is 9. The molecule has 8 nitrogen and oxygen atoms in total. The molecule has 0 spiro atoms. The van der Waals surface area contributed by atoms with Crippen molar-refractivity contribution in [3.8, 4) is 17.2 Å². The number of methoxy groups -OCH3 is 2. The zero-order chi connectivity index (χ0) is 25.4. The van der Waals surface area contributed by atoms with E-state index in [0.29, 0.717) is 38.5 Å². The van der Waals surface area contributed by atoms with Crippen molar-refractivity contribution in [2.45, 2.75) is 6.92 Å². The summed E-state index contributed by atoms with van der Waals surface area (Å²) in [6.45, 7) is 1.76. The van der Waals surface area contributed by atoms with Crippen molar-refractivity contribution in [3.05, 3.63) is 80.2 Å². The van der Waals surface area contributed by atoms with Crippen molar-refractivity contribution in [2.75, 3.05) is 26.1 Å². The number of halogens is 2. The van der Waals surface area contributed by atoms with Gasteiger partial charge in [-0.1, -0.05) is 33.6 Å². The Bertz CT molecular complexity index is 1250. The molecule has 3 aromatic rings. The van der Waals surface area contributed by atoms with Gasteiger partial charge in [-0.3, -0.25) is 9.59 Å². The van der Waals surface area contributed by atoms with Crippen LogP contribution in [0.1, 0.15) is 21.5 Å². The Balaban J connectivity index is 1.68. The van der Waals surface area contributed by atoms with Crippen molar-refractivity contribution in [1.29, 1.82) is 0 Å². The maximum absolute atomic E-state index is 12.5. The second kappa shape index (κ2) is 12.4. The maximum atomic E-state index is 12.5. The molecule has 35 heavy (non-hydrogen) atoms. The Morgan fingerprint density at radius 2 is 1.69 bits per heavy atom. The van der Waals surface area contributed by atoms with Crippen LogP contribution in [-0.2, 0) is 4.79 Å². The topological polar surface area (TPSA) is 98.3 Å². The minimum atomic E-state index is -0.434. The number of aryl methyl sites for hydroxylation is 1. The molecule has 0 atom stereocenters. The monoisotopic (exact) mass is 603 g/mol. The smallest absolute Gasteiger partial charge is 0.271 e. The molecule has 0 fully saturated rings. The molecule has 0 aromatic heterocycles. The largest absolute Gasteiger partial charge is 0.493 e. The average molecular weight is 605 g/mol. The van der Waals surface area contributed by atoms with Crippen LogP contribution in [0.15, 0.2) is 68.6 Å². The lowest BCUT2D eigenvalue weighted by Gasteiger charge is -2.12. The van der Waals surface area contributed by atoms with Crippen molar-refractivity contribution in [1.82, 2.24) is 5.43 Å². The molecular weight excluding hydrogens is 582 g/mol. The molecule has 2 amide bonds. The first-order chi connectivity index (χ1) is 16.8. The van der Waals surface area contributed by atoms with Crippen molar-refractivity contribution in [3.63, 3.8) is 0 Å². The molecule has 0 saturated carbocycles. The molecule has 3 rings (SSSR count). The average Bonchev–Trinajstić information content (AvgIpc) is 2.84. The number of hydrazone groups is 1. The van der Waals surface area contributed by atoms with Gasteiger partial charge in [0.05, 0.1) is 24.9 Å². The molecule has 2 N–H and O–H groups in total. The maximum Gasteiger partial charge on any atom is 0.271 e. The van der Waals surface area contributed by atoms with Gasteiger partial charge in [-0.15, -0.1) is 0 Å². The summed E-state index contributed by atoms with van der Waals surface area (Å²) < 4.78 is 17.6. The van der Waals surface area contributed by atoms with Gasteiger partial charge in [0.1, 0.15) is 5.75 Å². The SMILES string of the molecule is COc1ccc(C(=O)N/N=C/c2cc(Br)cc(Br)c2OCC(=O)Nc2ccc(C)cc2)cc1OC. The molecule has 0 radical (unpaired) electrons. The van der Waals surface area contributed by atoms with Crippen LogP contribution in [0.3, 0.4) is 0 Å². The third-order valence-electron chi connectivity index (χ3n) is 4.74. The fourth-order valence-electron chi connectivity index (χ4n) is 3.00. The third-order valence-corrected chi connectivity index (χ3v) is 5.78. The van der Waals surface area contributed by atoms with E-state index in [4.69, 9.17) is 14.2 Å². The number of nitrogens with zero attached hydrogens (tertiary/aromatic N) is 1. The van der Waals surface area contributed by atoms with E-state index in [1.807, 2.05) is 31.2 Å². The molecule has 0 aliphatic heterocycles. The first kappa shape index (κ1) is 26.2. The van der Waals surface area contributed by atoms with Gasteiger partial charge in [-0.2, -0.15) is 5.10 Å². The third kappa shape index (κ3) is 7.30. The van der Waals surface area contributed by atoms with Gasteiger partial charge < -0.3 is 19.5 Å². The summed E-state index contributed by atoms with van der Waals surface area (Å²) in [6, 6.07) is 15.8. The lowest BCUT2D eigenvalue weighted by molar-refractivity contribution is -0.118. The number of hydrogen-bond donors (Lipinski definition) is 2. The summed E-state index contributed by atoms with van der Waals surface area (Å²) in [7, 11) is 3.01. The number of carbonyl (C=O) groups is 2. The van der Waals surface area contributed by atoms with E-state index in [0.717, 1.165) is 10.0 Å². The Labute approximate surface area is 219 Å². The predicted molar refractivity (Wildman–Crippen MR) is 142 cm³/mol. The zero-order valence-corrected chi connectivity index (χ0v) is 22.4. The van der Waals surface area contributed by atoms with Crippen molar-refractivity contribution >= 4 is 55.6 Å². The van der Waals surface area contributed by atoms with Gasteiger partial charge in [0, 0.05) is 21.3 Å². The normalized spacial score (nSPS) is 10.7. The van der Waals surface area contributed by atoms with Crippen LogP contribution < -0.4 is 25.0 Å². The number of anilines is 1. The summed E-state index contributed by atoms with van der Waals surface area (Å²) in [5.41, 5.74) is 5.14. The Hall–Kier alpha value is -3.37. The van der Waals surface area contributed by atoms with Gasteiger partial charge >= 0.3 is 0 Å². The van der Waals surface area contributed by atoms with Gasteiger partial charge in [0.15, 0.2) is 18.1 Å². The van der Waals surface area contributed by atoms with Crippen LogP contribution in [0, 0.1) is 6.92 Å². The van der Waals surface area contributed by atoms with Crippen LogP contribution in [0.2, 0.25) is 0 Å². The summed E-state index contributed by atoms with van der Waals surface area (Å²) in [5.74, 6) is 0.597. The fourth-order valence-corrected chi connectivity index (χ4v) is 4.38. The van der Waals surface area contributed by atoms with Gasteiger partial charge in [-0.05, 0) is 65.3 Å².